The molecule has 20 heavy (non-hydrogen) atoms. The van der Waals surface area contributed by atoms with E-state index in [1.165, 1.54) is 6.07 Å². The molecule has 6 nitrogen and oxygen atoms in total. The molecule has 106 valence electrons. The van der Waals surface area contributed by atoms with Crippen LogP contribution in [0.5, 0.6) is 5.75 Å². The summed E-state index contributed by atoms with van der Waals surface area (Å²) in [6, 6.07) is 4.69. The van der Waals surface area contributed by atoms with Gasteiger partial charge in [-0.1, -0.05) is 6.92 Å². The van der Waals surface area contributed by atoms with Gasteiger partial charge in [-0.05, 0) is 24.6 Å². The van der Waals surface area contributed by atoms with Crippen LogP contribution in [-0.4, -0.2) is 28.2 Å². The van der Waals surface area contributed by atoms with E-state index < -0.39 is 5.97 Å². The zero-order chi connectivity index (χ0) is 14.5. The highest BCUT2D eigenvalue weighted by Crippen LogP contribution is 2.25. The van der Waals surface area contributed by atoms with Gasteiger partial charge >= 0.3 is 5.97 Å². The molecule has 0 aliphatic heterocycles. The monoisotopic (exact) mass is 275 g/mol. The Balaban J connectivity index is 2.14. The number of benzene rings is 1. The number of hydrogen-bond acceptors (Lipinski definition) is 4. The van der Waals surface area contributed by atoms with E-state index in [4.69, 9.17) is 9.84 Å². The average molecular weight is 275 g/mol. The lowest BCUT2D eigenvalue weighted by molar-refractivity contribution is 0.0697. The van der Waals surface area contributed by atoms with Crippen molar-refractivity contribution in [1.29, 1.82) is 0 Å². The van der Waals surface area contributed by atoms with Gasteiger partial charge in [0.25, 0.3) is 0 Å². The van der Waals surface area contributed by atoms with E-state index in [0.29, 0.717) is 18.0 Å². The second kappa shape index (κ2) is 6.10. The van der Waals surface area contributed by atoms with Crippen molar-refractivity contribution in [2.75, 3.05) is 12.4 Å². The van der Waals surface area contributed by atoms with Gasteiger partial charge in [0.2, 0.25) is 0 Å². The van der Waals surface area contributed by atoms with Crippen LogP contribution in [0.1, 0.15) is 28.8 Å². The molecule has 0 atom stereocenters. The van der Waals surface area contributed by atoms with E-state index in [1.54, 1.807) is 25.4 Å². The van der Waals surface area contributed by atoms with Crippen LogP contribution in [0, 0.1) is 0 Å². The fourth-order valence-corrected chi connectivity index (χ4v) is 1.83. The molecule has 0 saturated heterocycles. The maximum absolute atomic E-state index is 11.0. The number of aryl methyl sites for hydroxylation is 1. The van der Waals surface area contributed by atoms with Gasteiger partial charge < -0.3 is 20.1 Å². The third-order valence-electron chi connectivity index (χ3n) is 2.95. The summed E-state index contributed by atoms with van der Waals surface area (Å²) in [6.45, 7) is 2.52. The fraction of sp³-hybridized carbons (Fsp3) is 0.286. The van der Waals surface area contributed by atoms with Gasteiger partial charge in [0.1, 0.15) is 11.6 Å². The number of ether oxygens (including phenoxy) is 1. The second-order valence-corrected chi connectivity index (χ2v) is 4.28. The Kier molecular flexibility index (Phi) is 4.24. The van der Waals surface area contributed by atoms with Gasteiger partial charge in [-0.3, -0.25) is 0 Å². The highest BCUT2D eigenvalue weighted by Gasteiger charge is 2.09. The van der Waals surface area contributed by atoms with Crippen molar-refractivity contribution in [3.8, 4) is 5.75 Å². The molecule has 1 aromatic carbocycles. The van der Waals surface area contributed by atoms with Crippen LogP contribution in [0.2, 0.25) is 0 Å². The first-order valence-electron chi connectivity index (χ1n) is 6.32. The summed E-state index contributed by atoms with van der Waals surface area (Å²) in [7, 11) is 1.54. The van der Waals surface area contributed by atoms with Crippen molar-refractivity contribution >= 4 is 11.7 Å². The molecule has 1 heterocycles. The van der Waals surface area contributed by atoms with Crippen LogP contribution in [-0.2, 0) is 13.0 Å². The third kappa shape index (κ3) is 3.09. The van der Waals surface area contributed by atoms with Crippen LogP contribution >= 0.6 is 0 Å². The summed E-state index contributed by atoms with van der Waals surface area (Å²) >= 11 is 0. The molecule has 0 unspecified atom stereocenters. The van der Waals surface area contributed by atoms with Gasteiger partial charge in [-0.25, -0.2) is 9.78 Å². The molecular weight excluding hydrogens is 258 g/mol. The maximum Gasteiger partial charge on any atom is 0.335 e. The molecule has 0 bridgehead atoms. The minimum absolute atomic E-state index is 0.210. The van der Waals surface area contributed by atoms with Gasteiger partial charge in [0.05, 0.1) is 24.9 Å². The average Bonchev–Trinajstić information content (AvgIpc) is 2.92. The Morgan fingerprint density at radius 3 is 2.90 bits per heavy atom. The molecule has 0 aliphatic rings. The number of anilines is 1. The third-order valence-corrected chi connectivity index (χ3v) is 2.95. The summed E-state index contributed by atoms with van der Waals surface area (Å²) in [6.07, 6.45) is 2.69. The highest BCUT2D eigenvalue weighted by molar-refractivity contribution is 5.89. The molecule has 0 amide bonds. The van der Waals surface area contributed by atoms with Crippen LogP contribution < -0.4 is 10.1 Å². The van der Waals surface area contributed by atoms with Crippen molar-refractivity contribution in [3.05, 3.63) is 41.5 Å². The summed E-state index contributed by atoms with van der Waals surface area (Å²) < 4.78 is 5.21. The molecule has 2 rings (SSSR count). The van der Waals surface area contributed by atoms with E-state index >= 15 is 0 Å². The lowest BCUT2D eigenvalue weighted by Crippen LogP contribution is -2.05. The minimum atomic E-state index is -0.970. The van der Waals surface area contributed by atoms with Crippen molar-refractivity contribution in [2.24, 2.45) is 0 Å². The highest BCUT2D eigenvalue weighted by atomic mass is 16.5. The zero-order valence-electron chi connectivity index (χ0n) is 11.4. The zero-order valence-corrected chi connectivity index (χ0v) is 11.4. The predicted molar refractivity (Wildman–Crippen MR) is 75.2 cm³/mol. The number of hydrogen-bond donors (Lipinski definition) is 3. The molecule has 0 fully saturated rings. The predicted octanol–water partition coefficient (Wildman–Crippen LogP) is 2.29. The number of carboxylic acids is 1. The number of aromatic amines is 1. The van der Waals surface area contributed by atoms with Crippen molar-refractivity contribution in [2.45, 2.75) is 19.9 Å². The Morgan fingerprint density at radius 2 is 2.30 bits per heavy atom. The minimum Gasteiger partial charge on any atom is -0.495 e. The smallest absolute Gasteiger partial charge is 0.335 e. The number of carboxylic acid groups (broad SMARTS) is 1. The summed E-state index contributed by atoms with van der Waals surface area (Å²) in [5, 5.41) is 12.1. The molecule has 1 aromatic heterocycles. The number of aromatic nitrogens is 2. The Bertz CT molecular complexity index is 607. The van der Waals surface area contributed by atoms with Crippen LogP contribution in [0.15, 0.2) is 24.4 Å². The van der Waals surface area contributed by atoms with Crippen molar-refractivity contribution in [3.63, 3.8) is 0 Å². The molecule has 6 heteroatoms. The molecule has 0 aliphatic carbocycles. The molecular formula is C14H17N3O3. The molecule has 3 N–H and O–H groups in total. The number of nitrogens with zero attached hydrogens (tertiary/aromatic N) is 1. The van der Waals surface area contributed by atoms with Crippen LogP contribution in [0.4, 0.5) is 5.69 Å². The Hall–Kier alpha value is -2.50. The lowest BCUT2D eigenvalue weighted by atomic mass is 10.2. The fourth-order valence-electron chi connectivity index (χ4n) is 1.83. The lowest BCUT2D eigenvalue weighted by Gasteiger charge is -2.11. The Morgan fingerprint density at radius 1 is 1.50 bits per heavy atom. The van der Waals surface area contributed by atoms with Crippen molar-refractivity contribution < 1.29 is 14.6 Å². The van der Waals surface area contributed by atoms with E-state index in [-0.39, 0.29) is 5.56 Å². The Labute approximate surface area is 116 Å². The number of aromatic carboxylic acids is 1. The summed E-state index contributed by atoms with van der Waals surface area (Å²) in [5.41, 5.74) is 1.90. The SMILES string of the molecule is CCc1cnc(CNc2cc(C(=O)O)ccc2OC)[nH]1. The number of H-pyrrole nitrogens is 1. The normalized spacial score (nSPS) is 10.3. The maximum atomic E-state index is 11.0. The number of imidazole rings is 1. The summed E-state index contributed by atoms with van der Waals surface area (Å²) in [5.74, 6) is 0.420. The van der Waals surface area contributed by atoms with E-state index in [2.05, 4.69) is 15.3 Å². The standard InChI is InChI=1S/C14H17N3O3/c1-3-10-7-16-13(17-10)8-15-11-6-9(14(18)19)4-5-12(11)20-2/h4-7,15H,3,8H2,1-2H3,(H,16,17)(H,18,19). The first-order chi connectivity index (χ1) is 9.63. The molecule has 0 saturated carbocycles. The number of carbonyl (C=O) groups is 1. The van der Waals surface area contributed by atoms with Gasteiger partial charge in [0, 0.05) is 11.9 Å². The first kappa shape index (κ1) is 13.9. The van der Waals surface area contributed by atoms with Gasteiger partial charge in [-0.2, -0.15) is 0 Å². The topological polar surface area (TPSA) is 87.2 Å². The first-order valence-corrected chi connectivity index (χ1v) is 6.32. The van der Waals surface area contributed by atoms with Gasteiger partial charge in [-0.15, -0.1) is 0 Å². The summed E-state index contributed by atoms with van der Waals surface area (Å²) in [4.78, 5) is 18.4. The quantitative estimate of drug-likeness (QED) is 0.753. The number of methoxy groups -OCH3 is 1. The van der Waals surface area contributed by atoms with Crippen LogP contribution in [0.3, 0.4) is 0 Å². The number of nitrogens with one attached hydrogen (secondary N) is 2. The molecule has 0 radical (unpaired) electrons. The molecule has 2 aromatic rings. The van der Waals surface area contributed by atoms with E-state index in [9.17, 15) is 4.79 Å². The van der Waals surface area contributed by atoms with E-state index in [0.717, 1.165) is 17.9 Å². The largest absolute Gasteiger partial charge is 0.495 e. The van der Waals surface area contributed by atoms with Crippen molar-refractivity contribution in [1.82, 2.24) is 9.97 Å². The molecule has 0 spiro atoms. The van der Waals surface area contributed by atoms with Crippen LogP contribution in [0.25, 0.3) is 0 Å². The second-order valence-electron chi connectivity index (χ2n) is 4.28. The van der Waals surface area contributed by atoms with Gasteiger partial charge in [0.15, 0.2) is 0 Å². The number of rotatable bonds is 6. The van der Waals surface area contributed by atoms with E-state index in [1.807, 2.05) is 6.92 Å².